The molecule has 3 nitrogen and oxygen atoms in total. The minimum absolute atomic E-state index is 0.121. The third-order valence-electron chi connectivity index (χ3n) is 3.03. The first-order valence-electron chi connectivity index (χ1n) is 6.74. The molecule has 0 spiro atoms. The second kappa shape index (κ2) is 5.92. The molecule has 0 saturated carbocycles. The Hall–Kier alpha value is -1.42. The summed E-state index contributed by atoms with van der Waals surface area (Å²) >= 11 is 3.34. The van der Waals surface area contributed by atoms with Crippen molar-refractivity contribution in [1.29, 1.82) is 0 Å². The molecule has 0 aliphatic carbocycles. The van der Waals surface area contributed by atoms with Gasteiger partial charge in [0.2, 0.25) is 0 Å². The van der Waals surface area contributed by atoms with Crippen LogP contribution in [0.25, 0.3) is 11.4 Å². The molecule has 20 heavy (non-hydrogen) atoms. The predicted molar refractivity (Wildman–Crippen MR) is 86.0 cm³/mol. The number of benzene rings is 1. The molecule has 1 aromatic heterocycles. The van der Waals surface area contributed by atoms with Crippen LogP contribution in [0.15, 0.2) is 27.5 Å². The number of H-pyrrole nitrogens is 1. The summed E-state index contributed by atoms with van der Waals surface area (Å²) in [7, 11) is 0. The molecule has 0 bridgehead atoms. The van der Waals surface area contributed by atoms with Gasteiger partial charge in [0.1, 0.15) is 10.3 Å². The predicted octanol–water partition coefficient (Wildman–Crippen LogP) is 4.01. The number of halogens is 1. The highest BCUT2D eigenvalue weighted by Gasteiger charge is 2.12. The maximum Gasteiger partial charge on any atom is 0.265 e. The SMILES string of the molecule is Cc1cc(C)cc(-c2nc(CC(C)C)c(Br)c(=O)[nH]2)c1. The number of aromatic amines is 1. The Bertz CT molecular complexity index is 669. The Labute approximate surface area is 127 Å². The molecule has 106 valence electrons. The van der Waals surface area contributed by atoms with Crippen LogP contribution < -0.4 is 5.56 Å². The molecule has 0 amide bonds. The van der Waals surface area contributed by atoms with E-state index >= 15 is 0 Å². The molecule has 0 aliphatic heterocycles. The quantitative estimate of drug-likeness (QED) is 0.921. The van der Waals surface area contributed by atoms with Crippen molar-refractivity contribution in [2.45, 2.75) is 34.1 Å². The van der Waals surface area contributed by atoms with E-state index in [1.165, 1.54) is 0 Å². The van der Waals surface area contributed by atoms with Crippen molar-refractivity contribution in [1.82, 2.24) is 9.97 Å². The standard InChI is InChI=1S/C16H19BrN2O/c1-9(2)5-13-14(17)16(20)19-15(18-13)12-7-10(3)6-11(4)8-12/h6-9H,5H2,1-4H3,(H,18,19,20). The van der Waals surface area contributed by atoms with Crippen molar-refractivity contribution < 1.29 is 0 Å². The van der Waals surface area contributed by atoms with Crippen LogP contribution in [0.5, 0.6) is 0 Å². The summed E-state index contributed by atoms with van der Waals surface area (Å²) in [5.74, 6) is 1.09. The number of nitrogens with zero attached hydrogens (tertiary/aromatic N) is 1. The summed E-state index contributed by atoms with van der Waals surface area (Å²) in [6, 6.07) is 6.19. The first kappa shape index (κ1) is 15.0. The molecule has 0 radical (unpaired) electrons. The van der Waals surface area contributed by atoms with Crippen molar-refractivity contribution in [3.8, 4) is 11.4 Å². The minimum Gasteiger partial charge on any atom is -0.306 e. The first-order valence-corrected chi connectivity index (χ1v) is 7.53. The van der Waals surface area contributed by atoms with Gasteiger partial charge in [0.15, 0.2) is 0 Å². The molecule has 0 fully saturated rings. The zero-order chi connectivity index (χ0) is 14.9. The Morgan fingerprint density at radius 1 is 1.20 bits per heavy atom. The Morgan fingerprint density at radius 3 is 2.35 bits per heavy atom. The van der Waals surface area contributed by atoms with Gasteiger partial charge in [-0.1, -0.05) is 31.0 Å². The summed E-state index contributed by atoms with van der Waals surface area (Å²) < 4.78 is 0.541. The smallest absolute Gasteiger partial charge is 0.265 e. The van der Waals surface area contributed by atoms with Gasteiger partial charge in [-0.05, 0) is 54.2 Å². The Kier molecular flexibility index (Phi) is 4.43. The first-order chi connectivity index (χ1) is 9.36. The highest BCUT2D eigenvalue weighted by atomic mass is 79.9. The summed E-state index contributed by atoms with van der Waals surface area (Å²) in [5.41, 5.74) is 3.98. The summed E-state index contributed by atoms with van der Waals surface area (Å²) in [6.07, 6.45) is 0.780. The van der Waals surface area contributed by atoms with E-state index in [9.17, 15) is 4.79 Å². The molecule has 0 aliphatic rings. The molecule has 4 heteroatoms. The normalized spacial score (nSPS) is 11.1. The number of hydrogen-bond donors (Lipinski definition) is 1. The van der Waals surface area contributed by atoms with E-state index in [1.807, 2.05) is 26.0 Å². The number of rotatable bonds is 3. The molecule has 1 N–H and O–H groups in total. The number of nitrogens with one attached hydrogen (secondary N) is 1. The van der Waals surface area contributed by atoms with Crippen molar-refractivity contribution >= 4 is 15.9 Å². The van der Waals surface area contributed by atoms with Gasteiger partial charge in [0.25, 0.3) is 5.56 Å². The van der Waals surface area contributed by atoms with Crippen molar-refractivity contribution in [2.24, 2.45) is 5.92 Å². The molecule has 2 aromatic rings. The lowest BCUT2D eigenvalue weighted by Crippen LogP contribution is -2.15. The number of aromatic nitrogens is 2. The zero-order valence-electron chi connectivity index (χ0n) is 12.2. The van der Waals surface area contributed by atoms with Gasteiger partial charge in [-0.25, -0.2) is 4.98 Å². The second-order valence-corrected chi connectivity index (χ2v) is 6.44. The zero-order valence-corrected chi connectivity index (χ0v) is 13.8. The van der Waals surface area contributed by atoms with Crippen LogP contribution in [0, 0.1) is 19.8 Å². The minimum atomic E-state index is -0.121. The van der Waals surface area contributed by atoms with Crippen LogP contribution in [0.1, 0.15) is 30.7 Å². The van der Waals surface area contributed by atoms with Crippen LogP contribution in [-0.4, -0.2) is 9.97 Å². The van der Waals surface area contributed by atoms with Gasteiger partial charge in [0.05, 0.1) is 5.69 Å². The van der Waals surface area contributed by atoms with Crippen LogP contribution in [0.2, 0.25) is 0 Å². The number of hydrogen-bond acceptors (Lipinski definition) is 2. The molecule has 1 heterocycles. The molecular weight excluding hydrogens is 316 g/mol. The average Bonchev–Trinajstić information content (AvgIpc) is 2.32. The topological polar surface area (TPSA) is 45.8 Å². The Morgan fingerprint density at radius 2 is 1.80 bits per heavy atom. The van der Waals surface area contributed by atoms with Gasteiger partial charge < -0.3 is 4.98 Å². The molecule has 2 rings (SSSR count). The van der Waals surface area contributed by atoms with E-state index in [-0.39, 0.29) is 5.56 Å². The third-order valence-corrected chi connectivity index (χ3v) is 3.85. The molecule has 1 aromatic carbocycles. The van der Waals surface area contributed by atoms with Crippen molar-refractivity contribution in [3.63, 3.8) is 0 Å². The van der Waals surface area contributed by atoms with E-state index in [4.69, 9.17) is 0 Å². The van der Waals surface area contributed by atoms with Crippen LogP contribution in [0.4, 0.5) is 0 Å². The monoisotopic (exact) mass is 334 g/mol. The summed E-state index contributed by atoms with van der Waals surface area (Å²) in [4.78, 5) is 19.5. The van der Waals surface area contributed by atoms with Gasteiger partial charge in [-0.15, -0.1) is 0 Å². The van der Waals surface area contributed by atoms with Crippen LogP contribution >= 0.6 is 15.9 Å². The van der Waals surface area contributed by atoms with Gasteiger partial charge in [0, 0.05) is 5.56 Å². The Balaban J connectivity index is 2.57. The molecular formula is C16H19BrN2O. The maximum atomic E-state index is 12.0. The molecule has 0 saturated heterocycles. The lowest BCUT2D eigenvalue weighted by atomic mass is 10.1. The average molecular weight is 335 g/mol. The van der Waals surface area contributed by atoms with Crippen molar-refractivity contribution in [3.05, 3.63) is 49.8 Å². The van der Waals surface area contributed by atoms with E-state index in [0.717, 1.165) is 28.8 Å². The van der Waals surface area contributed by atoms with Crippen molar-refractivity contribution in [2.75, 3.05) is 0 Å². The van der Waals surface area contributed by atoms with Crippen LogP contribution in [-0.2, 0) is 6.42 Å². The van der Waals surface area contributed by atoms with Gasteiger partial charge >= 0.3 is 0 Å². The third kappa shape index (κ3) is 3.37. The lowest BCUT2D eigenvalue weighted by molar-refractivity contribution is 0.631. The number of aryl methyl sites for hydroxylation is 2. The van der Waals surface area contributed by atoms with E-state index in [1.54, 1.807) is 0 Å². The van der Waals surface area contributed by atoms with E-state index in [2.05, 4.69) is 45.8 Å². The summed E-state index contributed by atoms with van der Waals surface area (Å²) in [6.45, 7) is 8.32. The van der Waals surface area contributed by atoms with E-state index < -0.39 is 0 Å². The molecule has 0 unspecified atom stereocenters. The van der Waals surface area contributed by atoms with E-state index in [0.29, 0.717) is 16.2 Å². The van der Waals surface area contributed by atoms with Crippen LogP contribution in [0.3, 0.4) is 0 Å². The summed E-state index contributed by atoms with van der Waals surface area (Å²) in [5, 5.41) is 0. The highest BCUT2D eigenvalue weighted by molar-refractivity contribution is 9.10. The van der Waals surface area contributed by atoms with Gasteiger partial charge in [-0.3, -0.25) is 4.79 Å². The fourth-order valence-corrected chi connectivity index (χ4v) is 2.63. The van der Waals surface area contributed by atoms with Gasteiger partial charge in [-0.2, -0.15) is 0 Å². The molecule has 0 atom stereocenters. The highest BCUT2D eigenvalue weighted by Crippen LogP contribution is 2.21. The second-order valence-electron chi connectivity index (χ2n) is 5.65. The maximum absolute atomic E-state index is 12.0. The lowest BCUT2D eigenvalue weighted by Gasteiger charge is -2.10. The fourth-order valence-electron chi connectivity index (χ4n) is 2.28. The fraction of sp³-hybridized carbons (Fsp3) is 0.375. The largest absolute Gasteiger partial charge is 0.306 e.